The van der Waals surface area contributed by atoms with Crippen LogP contribution >= 0.6 is 0 Å². The quantitative estimate of drug-likeness (QED) is 0.771. The van der Waals surface area contributed by atoms with Gasteiger partial charge in [0.15, 0.2) is 5.78 Å². The van der Waals surface area contributed by atoms with Crippen molar-refractivity contribution in [3.05, 3.63) is 35.6 Å². The molecule has 0 heterocycles. The Morgan fingerprint density at radius 2 is 1.73 bits per heavy atom. The number of hydrogen-bond donors (Lipinski definition) is 1. The number of ketones is 1. The fourth-order valence-electron chi connectivity index (χ4n) is 1.44. The molecule has 0 radical (unpaired) electrons. The minimum atomic E-state index is -0.323. The fraction of sp³-hybridized carbons (Fsp3) is 0.417. The number of nitrogens with one attached hydrogen (secondary N) is 1. The summed E-state index contributed by atoms with van der Waals surface area (Å²) >= 11 is 0. The highest BCUT2D eigenvalue weighted by molar-refractivity contribution is 5.99. The van der Waals surface area contributed by atoms with Crippen LogP contribution in [0.15, 0.2) is 24.3 Å². The van der Waals surface area contributed by atoms with Gasteiger partial charge in [-0.25, -0.2) is 4.39 Å². The summed E-state index contributed by atoms with van der Waals surface area (Å²) in [5.41, 5.74) is 0.539. The van der Waals surface area contributed by atoms with E-state index >= 15 is 0 Å². The predicted molar refractivity (Wildman–Crippen MR) is 58.5 cm³/mol. The Balaban J connectivity index is 2.72. The van der Waals surface area contributed by atoms with Crippen LogP contribution in [0, 0.1) is 5.82 Å². The molecule has 0 bridgehead atoms. The van der Waals surface area contributed by atoms with Crippen LogP contribution in [0.2, 0.25) is 0 Å². The topological polar surface area (TPSA) is 29.1 Å². The standard InChI is InChI=1S/C12H16FNO/c1-8(2)14-9(3)12(15)10-4-6-11(13)7-5-10/h4-9,14H,1-3H3. The SMILES string of the molecule is CC(C)NC(C)C(=O)c1ccc(F)cc1. The maximum absolute atomic E-state index is 12.6. The van der Waals surface area contributed by atoms with E-state index in [0.717, 1.165) is 0 Å². The highest BCUT2D eigenvalue weighted by Gasteiger charge is 2.15. The Morgan fingerprint density at radius 3 is 2.20 bits per heavy atom. The molecule has 0 saturated carbocycles. The molecule has 0 aliphatic rings. The number of rotatable bonds is 4. The molecule has 0 amide bonds. The first-order valence-corrected chi connectivity index (χ1v) is 5.06. The van der Waals surface area contributed by atoms with E-state index in [4.69, 9.17) is 0 Å². The van der Waals surface area contributed by atoms with Gasteiger partial charge in [0.1, 0.15) is 5.82 Å². The molecule has 0 fully saturated rings. The van der Waals surface area contributed by atoms with Gasteiger partial charge in [0, 0.05) is 11.6 Å². The van der Waals surface area contributed by atoms with Gasteiger partial charge in [-0.2, -0.15) is 0 Å². The van der Waals surface area contributed by atoms with Gasteiger partial charge in [0.25, 0.3) is 0 Å². The number of Topliss-reactive ketones (excluding diaryl/α,β-unsaturated/α-hetero) is 1. The van der Waals surface area contributed by atoms with Crippen molar-refractivity contribution in [2.24, 2.45) is 0 Å². The molecule has 15 heavy (non-hydrogen) atoms. The van der Waals surface area contributed by atoms with Crippen molar-refractivity contribution in [2.45, 2.75) is 32.9 Å². The molecular weight excluding hydrogens is 193 g/mol. The summed E-state index contributed by atoms with van der Waals surface area (Å²) in [5, 5.41) is 3.11. The van der Waals surface area contributed by atoms with E-state index < -0.39 is 0 Å². The van der Waals surface area contributed by atoms with Crippen LogP contribution in [0.25, 0.3) is 0 Å². The molecule has 2 nitrogen and oxygen atoms in total. The first-order chi connectivity index (χ1) is 7.00. The Bertz CT molecular complexity index is 332. The minimum Gasteiger partial charge on any atom is -0.305 e. The van der Waals surface area contributed by atoms with E-state index in [1.165, 1.54) is 24.3 Å². The Kier molecular flexibility index (Phi) is 3.97. The Labute approximate surface area is 89.5 Å². The molecule has 3 heteroatoms. The second-order valence-corrected chi connectivity index (χ2v) is 3.91. The van der Waals surface area contributed by atoms with Gasteiger partial charge in [0.2, 0.25) is 0 Å². The second kappa shape index (κ2) is 5.03. The van der Waals surface area contributed by atoms with E-state index in [1.54, 1.807) is 0 Å². The van der Waals surface area contributed by atoms with Crippen molar-refractivity contribution in [3.63, 3.8) is 0 Å². The van der Waals surface area contributed by atoms with Gasteiger partial charge < -0.3 is 5.32 Å². The summed E-state index contributed by atoms with van der Waals surface area (Å²) in [5.74, 6) is -0.334. The summed E-state index contributed by atoms with van der Waals surface area (Å²) < 4.78 is 12.6. The van der Waals surface area contributed by atoms with Gasteiger partial charge in [0.05, 0.1) is 6.04 Å². The highest BCUT2D eigenvalue weighted by Crippen LogP contribution is 2.06. The molecule has 1 aromatic rings. The zero-order valence-corrected chi connectivity index (χ0v) is 9.25. The average Bonchev–Trinajstić information content (AvgIpc) is 2.17. The predicted octanol–water partition coefficient (Wildman–Crippen LogP) is 2.39. The zero-order chi connectivity index (χ0) is 11.4. The van der Waals surface area contributed by atoms with Crippen LogP contribution in [0.1, 0.15) is 31.1 Å². The molecule has 0 aliphatic heterocycles. The lowest BCUT2D eigenvalue weighted by atomic mass is 10.1. The maximum atomic E-state index is 12.6. The normalized spacial score (nSPS) is 12.9. The number of hydrogen-bond acceptors (Lipinski definition) is 2. The summed E-state index contributed by atoms with van der Waals surface area (Å²) in [7, 11) is 0. The van der Waals surface area contributed by atoms with Crippen molar-refractivity contribution in [3.8, 4) is 0 Å². The summed E-state index contributed by atoms with van der Waals surface area (Å²) in [6, 6.07) is 5.64. The van der Waals surface area contributed by atoms with Gasteiger partial charge in [-0.15, -0.1) is 0 Å². The molecule has 1 atom stereocenters. The first kappa shape index (κ1) is 11.9. The van der Waals surface area contributed by atoms with Crippen LogP contribution in [0.3, 0.4) is 0 Å². The lowest BCUT2D eigenvalue weighted by Crippen LogP contribution is -2.38. The van der Waals surface area contributed by atoms with Crippen molar-refractivity contribution < 1.29 is 9.18 Å². The third-order valence-electron chi connectivity index (χ3n) is 2.11. The van der Waals surface area contributed by atoms with E-state index in [9.17, 15) is 9.18 Å². The van der Waals surface area contributed by atoms with Crippen LogP contribution in [0.5, 0.6) is 0 Å². The number of halogens is 1. The second-order valence-electron chi connectivity index (χ2n) is 3.91. The van der Waals surface area contributed by atoms with E-state index in [2.05, 4.69) is 5.32 Å². The Hall–Kier alpha value is -1.22. The lowest BCUT2D eigenvalue weighted by molar-refractivity contribution is 0.0946. The number of carbonyl (C=O) groups is 1. The van der Waals surface area contributed by atoms with Gasteiger partial charge in [-0.1, -0.05) is 13.8 Å². The molecule has 1 aromatic carbocycles. The molecule has 1 unspecified atom stereocenters. The van der Waals surface area contributed by atoms with Crippen molar-refractivity contribution in [1.82, 2.24) is 5.32 Å². The average molecular weight is 209 g/mol. The summed E-state index contributed by atoms with van der Waals surface area (Å²) in [4.78, 5) is 11.8. The van der Waals surface area contributed by atoms with E-state index in [0.29, 0.717) is 5.56 Å². The van der Waals surface area contributed by atoms with Crippen LogP contribution in [0.4, 0.5) is 4.39 Å². The Morgan fingerprint density at radius 1 is 1.20 bits per heavy atom. The van der Waals surface area contributed by atoms with Crippen LogP contribution < -0.4 is 5.32 Å². The third kappa shape index (κ3) is 3.44. The maximum Gasteiger partial charge on any atom is 0.179 e. The van der Waals surface area contributed by atoms with E-state index in [-0.39, 0.29) is 23.7 Å². The largest absolute Gasteiger partial charge is 0.305 e. The monoisotopic (exact) mass is 209 g/mol. The van der Waals surface area contributed by atoms with Crippen molar-refractivity contribution in [1.29, 1.82) is 0 Å². The van der Waals surface area contributed by atoms with Crippen molar-refractivity contribution in [2.75, 3.05) is 0 Å². The number of carbonyl (C=O) groups excluding carboxylic acids is 1. The van der Waals surface area contributed by atoms with Crippen LogP contribution in [-0.4, -0.2) is 17.9 Å². The minimum absolute atomic E-state index is 0.0105. The number of benzene rings is 1. The highest BCUT2D eigenvalue weighted by atomic mass is 19.1. The summed E-state index contributed by atoms with van der Waals surface area (Å²) in [6.07, 6.45) is 0. The molecule has 1 N–H and O–H groups in total. The molecular formula is C12H16FNO. The molecule has 0 aromatic heterocycles. The molecule has 0 saturated heterocycles. The smallest absolute Gasteiger partial charge is 0.179 e. The molecule has 82 valence electrons. The van der Waals surface area contributed by atoms with Gasteiger partial charge in [-0.05, 0) is 31.2 Å². The van der Waals surface area contributed by atoms with Gasteiger partial charge >= 0.3 is 0 Å². The zero-order valence-electron chi connectivity index (χ0n) is 9.25. The third-order valence-corrected chi connectivity index (χ3v) is 2.11. The van der Waals surface area contributed by atoms with E-state index in [1.807, 2.05) is 20.8 Å². The molecule has 0 spiro atoms. The van der Waals surface area contributed by atoms with Gasteiger partial charge in [-0.3, -0.25) is 4.79 Å². The summed E-state index contributed by atoms with van der Waals surface area (Å²) in [6.45, 7) is 5.77. The molecule has 1 rings (SSSR count). The van der Waals surface area contributed by atoms with Crippen LogP contribution in [-0.2, 0) is 0 Å². The van der Waals surface area contributed by atoms with Crippen molar-refractivity contribution >= 4 is 5.78 Å². The molecule has 0 aliphatic carbocycles. The fourth-order valence-corrected chi connectivity index (χ4v) is 1.44. The lowest BCUT2D eigenvalue weighted by Gasteiger charge is -2.15. The first-order valence-electron chi connectivity index (χ1n) is 5.06.